The number of amides is 1. The summed E-state index contributed by atoms with van der Waals surface area (Å²) in [5.74, 6) is -0.431. The topological polar surface area (TPSA) is 86.9 Å². The monoisotopic (exact) mass is 236 g/mol. The maximum atomic E-state index is 11.0. The third-order valence-corrected chi connectivity index (χ3v) is 2.39. The van der Waals surface area contributed by atoms with Crippen LogP contribution in [0.4, 0.5) is 5.82 Å². The van der Waals surface area contributed by atoms with Crippen LogP contribution in [0.3, 0.4) is 0 Å². The van der Waals surface area contributed by atoms with E-state index < -0.39 is 5.91 Å². The first kappa shape index (κ1) is 10.5. The van der Waals surface area contributed by atoms with E-state index in [0.717, 1.165) is 5.69 Å². The summed E-state index contributed by atoms with van der Waals surface area (Å²) in [4.78, 5) is 14.8. The van der Waals surface area contributed by atoms with Crippen LogP contribution in [-0.4, -0.2) is 15.5 Å². The van der Waals surface area contributed by atoms with E-state index in [1.54, 1.807) is 28.8 Å². The average Bonchev–Trinajstić information content (AvgIpc) is 2.61. The molecule has 2 aromatic rings. The largest absolute Gasteiger partial charge is 0.383 e. The van der Waals surface area contributed by atoms with Gasteiger partial charge in [0.05, 0.1) is 0 Å². The van der Waals surface area contributed by atoms with Gasteiger partial charge in [-0.3, -0.25) is 9.36 Å². The van der Waals surface area contributed by atoms with Gasteiger partial charge in [0.25, 0.3) is 5.91 Å². The van der Waals surface area contributed by atoms with Gasteiger partial charge < -0.3 is 11.5 Å². The molecule has 0 aliphatic heterocycles. The fraction of sp³-hybridized carbons (Fsp3) is 0. The van der Waals surface area contributed by atoms with Gasteiger partial charge in [-0.2, -0.15) is 0 Å². The van der Waals surface area contributed by atoms with E-state index in [-0.39, 0.29) is 11.5 Å². The molecule has 1 heterocycles. The number of nitrogens with two attached hydrogens (primary N) is 2. The van der Waals surface area contributed by atoms with Crippen molar-refractivity contribution in [1.29, 1.82) is 0 Å². The second-order valence-corrected chi connectivity index (χ2v) is 3.63. The molecule has 5 nitrogen and oxygen atoms in total. The van der Waals surface area contributed by atoms with E-state index in [2.05, 4.69) is 4.98 Å². The number of carbonyl (C=O) groups excluding carboxylic acids is 1. The molecule has 0 atom stereocenters. The van der Waals surface area contributed by atoms with Crippen molar-refractivity contribution in [3.63, 3.8) is 0 Å². The number of hydrogen-bond donors (Lipinski definition) is 2. The number of benzene rings is 1. The van der Waals surface area contributed by atoms with Crippen LogP contribution >= 0.6 is 11.6 Å². The predicted molar refractivity (Wildman–Crippen MR) is 61.5 cm³/mol. The molecule has 16 heavy (non-hydrogen) atoms. The Morgan fingerprint density at radius 1 is 1.31 bits per heavy atom. The molecule has 0 saturated carbocycles. The van der Waals surface area contributed by atoms with E-state index in [1.165, 1.54) is 6.33 Å². The minimum absolute atomic E-state index is 0.0648. The van der Waals surface area contributed by atoms with Crippen LogP contribution in [0.5, 0.6) is 0 Å². The molecule has 1 aromatic heterocycles. The van der Waals surface area contributed by atoms with Crippen LogP contribution in [0.1, 0.15) is 10.5 Å². The van der Waals surface area contributed by atoms with E-state index >= 15 is 0 Å². The lowest BCUT2D eigenvalue weighted by molar-refractivity contribution is 0.0997. The molecule has 1 aromatic carbocycles. The van der Waals surface area contributed by atoms with Crippen molar-refractivity contribution in [2.75, 3.05) is 5.73 Å². The summed E-state index contributed by atoms with van der Waals surface area (Å²) in [5.41, 5.74) is 11.7. The maximum Gasteiger partial charge on any atom is 0.271 e. The van der Waals surface area contributed by atoms with Crippen LogP contribution in [-0.2, 0) is 0 Å². The molecule has 0 aliphatic rings. The third-order valence-electron chi connectivity index (χ3n) is 2.14. The minimum Gasteiger partial charge on any atom is -0.383 e. The third kappa shape index (κ3) is 1.72. The van der Waals surface area contributed by atoms with Crippen LogP contribution in [0, 0.1) is 0 Å². The highest BCUT2D eigenvalue weighted by molar-refractivity contribution is 6.30. The standard InChI is InChI=1S/C10H9ClN4O/c11-6-1-3-7(4-2-6)15-5-14-8(9(15)12)10(13)16/h1-5H,12H2,(H2,13,16). The lowest BCUT2D eigenvalue weighted by Gasteiger charge is -2.04. The van der Waals surface area contributed by atoms with E-state index in [9.17, 15) is 4.79 Å². The summed E-state index contributed by atoms with van der Waals surface area (Å²) in [7, 11) is 0. The Bertz CT molecular complexity index is 532. The zero-order chi connectivity index (χ0) is 11.7. The van der Waals surface area contributed by atoms with Gasteiger partial charge in [0.1, 0.15) is 12.1 Å². The van der Waals surface area contributed by atoms with Gasteiger partial charge in [0, 0.05) is 10.7 Å². The molecule has 82 valence electrons. The van der Waals surface area contributed by atoms with Gasteiger partial charge >= 0.3 is 0 Å². The van der Waals surface area contributed by atoms with Gasteiger partial charge in [0.2, 0.25) is 0 Å². The molecule has 4 N–H and O–H groups in total. The molecular weight excluding hydrogens is 228 g/mol. The minimum atomic E-state index is -0.648. The first-order valence-electron chi connectivity index (χ1n) is 4.48. The smallest absolute Gasteiger partial charge is 0.271 e. The lowest BCUT2D eigenvalue weighted by Crippen LogP contribution is -2.14. The molecule has 1 amide bonds. The molecule has 2 rings (SSSR count). The van der Waals surface area contributed by atoms with Gasteiger partial charge in [0.15, 0.2) is 5.69 Å². The summed E-state index contributed by atoms with van der Waals surface area (Å²) in [6.07, 6.45) is 1.44. The number of nitrogens with zero attached hydrogens (tertiary/aromatic N) is 2. The maximum absolute atomic E-state index is 11.0. The van der Waals surface area contributed by atoms with Crippen molar-refractivity contribution in [3.8, 4) is 5.69 Å². The molecule has 0 unspecified atom stereocenters. The predicted octanol–water partition coefficient (Wildman–Crippen LogP) is 1.21. The lowest BCUT2D eigenvalue weighted by atomic mass is 10.3. The summed E-state index contributed by atoms with van der Waals surface area (Å²) in [6.45, 7) is 0. The second-order valence-electron chi connectivity index (χ2n) is 3.19. The highest BCUT2D eigenvalue weighted by Gasteiger charge is 2.13. The second kappa shape index (κ2) is 3.86. The van der Waals surface area contributed by atoms with Gasteiger partial charge in [-0.05, 0) is 24.3 Å². The SMILES string of the molecule is NC(=O)c1ncn(-c2ccc(Cl)cc2)c1N. The zero-order valence-electron chi connectivity index (χ0n) is 8.22. The molecule has 0 saturated heterocycles. The van der Waals surface area contributed by atoms with Crippen LogP contribution in [0.25, 0.3) is 5.69 Å². The van der Waals surface area contributed by atoms with Crippen molar-refractivity contribution >= 4 is 23.3 Å². The molecule has 0 radical (unpaired) electrons. The Morgan fingerprint density at radius 3 is 2.44 bits per heavy atom. The van der Waals surface area contributed by atoms with E-state index in [1.807, 2.05) is 0 Å². The van der Waals surface area contributed by atoms with Crippen LogP contribution in [0.2, 0.25) is 5.02 Å². The fourth-order valence-electron chi connectivity index (χ4n) is 1.36. The number of primary amides is 1. The van der Waals surface area contributed by atoms with E-state index in [4.69, 9.17) is 23.1 Å². The first-order valence-corrected chi connectivity index (χ1v) is 4.86. The molecule has 0 bridgehead atoms. The molecule has 6 heteroatoms. The Morgan fingerprint density at radius 2 is 1.94 bits per heavy atom. The number of anilines is 1. The number of nitrogen functional groups attached to an aromatic ring is 1. The summed E-state index contributed by atoms with van der Waals surface area (Å²) in [6, 6.07) is 6.98. The van der Waals surface area contributed by atoms with Gasteiger partial charge in [-0.1, -0.05) is 11.6 Å². The van der Waals surface area contributed by atoms with Crippen molar-refractivity contribution in [1.82, 2.24) is 9.55 Å². The van der Waals surface area contributed by atoms with Crippen molar-refractivity contribution in [3.05, 3.63) is 41.3 Å². The van der Waals surface area contributed by atoms with Crippen molar-refractivity contribution in [2.45, 2.75) is 0 Å². The van der Waals surface area contributed by atoms with Crippen LogP contribution < -0.4 is 11.5 Å². The van der Waals surface area contributed by atoms with Crippen molar-refractivity contribution in [2.24, 2.45) is 5.73 Å². The number of aromatic nitrogens is 2. The highest BCUT2D eigenvalue weighted by atomic mass is 35.5. The Labute approximate surface area is 96.6 Å². The average molecular weight is 237 g/mol. The summed E-state index contributed by atoms with van der Waals surface area (Å²) in [5, 5.41) is 0.623. The molecule has 0 aliphatic carbocycles. The quantitative estimate of drug-likeness (QED) is 0.822. The van der Waals surface area contributed by atoms with Gasteiger partial charge in [-0.25, -0.2) is 4.98 Å². The Hall–Kier alpha value is -2.01. The number of carbonyl (C=O) groups is 1. The summed E-state index contributed by atoms with van der Waals surface area (Å²) >= 11 is 5.76. The van der Waals surface area contributed by atoms with Crippen molar-refractivity contribution < 1.29 is 4.79 Å². The Kier molecular flexibility index (Phi) is 2.54. The number of hydrogen-bond acceptors (Lipinski definition) is 3. The molecule has 0 fully saturated rings. The van der Waals surface area contributed by atoms with Crippen LogP contribution in [0.15, 0.2) is 30.6 Å². The number of imidazole rings is 1. The molecule has 0 spiro atoms. The highest BCUT2D eigenvalue weighted by Crippen LogP contribution is 2.18. The van der Waals surface area contributed by atoms with Gasteiger partial charge in [-0.15, -0.1) is 0 Å². The first-order chi connectivity index (χ1) is 7.59. The normalized spacial score (nSPS) is 10.3. The van der Waals surface area contributed by atoms with E-state index in [0.29, 0.717) is 5.02 Å². The fourth-order valence-corrected chi connectivity index (χ4v) is 1.48. The summed E-state index contributed by atoms with van der Waals surface area (Å²) < 4.78 is 1.57. The zero-order valence-corrected chi connectivity index (χ0v) is 8.98. The number of halogens is 1. The Balaban J connectivity index is 2.49. The number of rotatable bonds is 2. The molecular formula is C10H9ClN4O.